The Morgan fingerprint density at radius 1 is 0.947 bits per heavy atom. The molecule has 0 aliphatic rings. The van der Waals surface area contributed by atoms with E-state index in [9.17, 15) is 13.2 Å². The van der Waals surface area contributed by atoms with Gasteiger partial charge in [-0.05, 0) is 43.2 Å². The molecule has 0 saturated carbocycles. The average Bonchev–Trinajstić information content (AvgIpc) is 2.34. The van der Waals surface area contributed by atoms with Gasteiger partial charge in [-0.15, -0.1) is 0 Å². The molecular weight excluding hydrogens is 251 g/mol. The Bertz CT molecular complexity index is 585. The van der Waals surface area contributed by atoms with Crippen molar-refractivity contribution >= 4 is 5.69 Å². The summed E-state index contributed by atoms with van der Waals surface area (Å²) in [5, 5.41) is 3.07. The molecule has 0 amide bonds. The molecule has 1 N–H and O–H groups in total. The molecule has 0 bridgehead atoms. The van der Waals surface area contributed by atoms with Gasteiger partial charge in [0.05, 0.1) is 0 Å². The highest BCUT2D eigenvalue weighted by molar-refractivity contribution is 5.52. The number of anilines is 1. The normalized spacial score (nSPS) is 10.6. The molecule has 0 unspecified atom stereocenters. The monoisotopic (exact) mass is 265 g/mol. The summed E-state index contributed by atoms with van der Waals surface area (Å²) in [6.07, 6.45) is 0. The first-order valence-corrected chi connectivity index (χ1v) is 5.92. The Morgan fingerprint density at radius 2 is 1.58 bits per heavy atom. The van der Waals surface area contributed by atoms with Gasteiger partial charge in [-0.3, -0.25) is 0 Å². The Balaban J connectivity index is 2.14. The van der Waals surface area contributed by atoms with Gasteiger partial charge in [0.25, 0.3) is 0 Å². The van der Waals surface area contributed by atoms with Crippen molar-refractivity contribution in [2.45, 2.75) is 20.4 Å². The van der Waals surface area contributed by atoms with Gasteiger partial charge in [0, 0.05) is 12.2 Å². The number of nitrogens with one attached hydrogen (secondary N) is 1. The van der Waals surface area contributed by atoms with Crippen molar-refractivity contribution in [2.75, 3.05) is 5.32 Å². The van der Waals surface area contributed by atoms with Gasteiger partial charge in [0.1, 0.15) is 0 Å². The third kappa shape index (κ3) is 3.08. The van der Waals surface area contributed by atoms with Crippen LogP contribution >= 0.6 is 0 Å². The summed E-state index contributed by atoms with van der Waals surface area (Å²) < 4.78 is 38.9. The summed E-state index contributed by atoms with van der Waals surface area (Å²) in [6, 6.07) is 7.85. The molecule has 100 valence electrons. The van der Waals surface area contributed by atoms with E-state index in [-0.39, 0.29) is 6.54 Å². The Hall–Kier alpha value is -1.97. The van der Waals surface area contributed by atoms with Crippen LogP contribution in [0.2, 0.25) is 0 Å². The minimum Gasteiger partial charge on any atom is -0.381 e. The van der Waals surface area contributed by atoms with E-state index in [4.69, 9.17) is 0 Å². The van der Waals surface area contributed by atoms with E-state index in [0.29, 0.717) is 5.56 Å². The van der Waals surface area contributed by atoms with Crippen molar-refractivity contribution in [2.24, 2.45) is 0 Å². The van der Waals surface area contributed by atoms with Crippen LogP contribution in [0.1, 0.15) is 16.7 Å². The maximum atomic E-state index is 13.1. The van der Waals surface area contributed by atoms with Crippen molar-refractivity contribution < 1.29 is 13.2 Å². The van der Waals surface area contributed by atoms with Crippen LogP contribution < -0.4 is 5.32 Å². The van der Waals surface area contributed by atoms with E-state index in [1.165, 1.54) is 0 Å². The number of hydrogen-bond donors (Lipinski definition) is 1. The number of benzene rings is 2. The molecule has 0 saturated heterocycles. The molecule has 2 rings (SSSR count). The van der Waals surface area contributed by atoms with E-state index in [0.717, 1.165) is 28.9 Å². The van der Waals surface area contributed by atoms with Crippen molar-refractivity contribution in [1.82, 2.24) is 0 Å². The van der Waals surface area contributed by atoms with Crippen LogP contribution in [0.5, 0.6) is 0 Å². The largest absolute Gasteiger partial charge is 0.381 e. The number of hydrogen-bond acceptors (Lipinski definition) is 1. The van der Waals surface area contributed by atoms with Gasteiger partial charge < -0.3 is 5.32 Å². The maximum absolute atomic E-state index is 13.1. The lowest BCUT2D eigenvalue weighted by Crippen LogP contribution is -2.03. The van der Waals surface area contributed by atoms with E-state index in [1.807, 2.05) is 32.0 Å². The molecule has 0 fully saturated rings. The van der Waals surface area contributed by atoms with Gasteiger partial charge in [0.15, 0.2) is 17.5 Å². The number of halogens is 3. The molecule has 4 heteroatoms. The second-order valence-corrected chi connectivity index (χ2v) is 4.55. The molecule has 2 aromatic carbocycles. The minimum atomic E-state index is -1.43. The summed E-state index contributed by atoms with van der Waals surface area (Å²) >= 11 is 0. The highest BCUT2D eigenvalue weighted by Crippen LogP contribution is 2.18. The summed E-state index contributed by atoms with van der Waals surface area (Å²) in [5.41, 5.74) is 3.43. The second kappa shape index (κ2) is 5.34. The SMILES string of the molecule is Cc1ccc(NCc2cc(F)c(F)c(F)c2)c(C)c1. The molecule has 1 nitrogen and oxygen atoms in total. The third-order valence-corrected chi connectivity index (χ3v) is 2.91. The van der Waals surface area contributed by atoms with E-state index >= 15 is 0 Å². The molecule has 0 radical (unpaired) electrons. The Morgan fingerprint density at radius 3 is 2.16 bits per heavy atom. The zero-order chi connectivity index (χ0) is 14.0. The van der Waals surface area contributed by atoms with Crippen LogP contribution in [-0.2, 0) is 6.54 Å². The lowest BCUT2D eigenvalue weighted by Gasteiger charge is -2.10. The van der Waals surface area contributed by atoms with E-state index < -0.39 is 17.5 Å². The first-order chi connectivity index (χ1) is 8.97. The lowest BCUT2D eigenvalue weighted by molar-refractivity contribution is 0.445. The predicted octanol–water partition coefficient (Wildman–Crippen LogP) is 4.33. The van der Waals surface area contributed by atoms with Gasteiger partial charge in [0.2, 0.25) is 0 Å². The first-order valence-electron chi connectivity index (χ1n) is 5.92. The molecule has 0 heterocycles. The molecular formula is C15H14F3N. The molecule has 19 heavy (non-hydrogen) atoms. The van der Waals surface area contributed by atoms with Crippen molar-refractivity contribution in [1.29, 1.82) is 0 Å². The smallest absolute Gasteiger partial charge is 0.194 e. The number of aryl methyl sites for hydroxylation is 2. The topological polar surface area (TPSA) is 12.0 Å². The number of rotatable bonds is 3. The van der Waals surface area contributed by atoms with Gasteiger partial charge in [-0.25, -0.2) is 13.2 Å². The summed E-state index contributed by atoms with van der Waals surface area (Å²) in [5.74, 6) is -3.77. The zero-order valence-electron chi connectivity index (χ0n) is 10.7. The van der Waals surface area contributed by atoms with Gasteiger partial charge in [-0.1, -0.05) is 17.7 Å². The summed E-state index contributed by atoms with van der Waals surface area (Å²) in [6.45, 7) is 4.17. The van der Waals surface area contributed by atoms with Crippen LogP contribution in [0.15, 0.2) is 30.3 Å². The van der Waals surface area contributed by atoms with Crippen molar-refractivity contribution in [3.8, 4) is 0 Å². The highest BCUT2D eigenvalue weighted by atomic mass is 19.2. The molecule has 0 aliphatic heterocycles. The van der Waals surface area contributed by atoms with Gasteiger partial charge in [-0.2, -0.15) is 0 Å². The third-order valence-electron chi connectivity index (χ3n) is 2.91. The quantitative estimate of drug-likeness (QED) is 0.814. The van der Waals surface area contributed by atoms with Crippen LogP contribution in [0.3, 0.4) is 0 Å². The standard InChI is InChI=1S/C15H14F3N/c1-9-3-4-14(10(2)5-9)19-8-11-6-12(16)15(18)13(17)7-11/h3-7,19H,8H2,1-2H3. The second-order valence-electron chi connectivity index (χ2n) is 4.55. The fraction of sp³-hybridized carbons (Fsp3) is 0.200. The van der Waals surface area contributed by atoms with Gasteiger partial charge >= 0.3 is 0 Å². The fourth-order valence-corrected chi connectivity index (χ4v) is 1.92. The van der Waals surface area contributed by atoms with Crippen LogP contribution in [-0.4, -0.2) is 0 Å². The van der Waals surface area contributed by atoms with E-state index in [2.05, 4.69) is 5.32 Å². The average molecular weight is 265 g/mol. The zero-order valence-corrected chi connectivity index (χ0v) is 10.7. The molecule has 0 aliphatic carbocycles. The van der Waals surface area contributed by atoms with Crippen LogP contribution in [0, 0.1) is 31.3 Å². The van der Waals surface area contributed by atoms with Crippen LogP contribution in [0.4, 0.5) is 18.9 Å². The summed E-state index contributed by atoms with van der Waals surface area (Å²) in [4.78, 5) is 0. The minimum absolute atomic E-state index is 0.234. The molecule has 2 aromatic rings. The molecule has 0 aromatic heterocycles. The lowest BCUT2D eigenvalue weighted by atomic mass is 10.1. The van der Waals surface area contributed by atoms with Crippen molar-refractivity contribution in [3.05, 3.63) is 64.5 Å². The maximum Gasteiger partial charge on any atom is 0.194 e. The highest BCUT2D eigenvalue weighted by Gasteiger charge is 2.10. The van der Waals surface area contributed by atoms with Crippen LogP contribution in [0.25, 0.3) is 0 Å². The Kier molecular flexibility index (Phi) is 3.79. The summed E-state index contributed by atoms with van der Waals surface area (Å²) in [7, 11) is 0. The molecule has 0 atom stereocenters. The predicted molar refractivity (Wildman–Crippen MR) is 69.6 cm³/mol. The van der Waals surface area contributed by atoms with Crippen molar-refractivity contribution in [3.63, 3.8) is 0 Å². The first kappa shape index (κ1) is 13.5. The fourth-order valence-electron chi connectivity index (χ4n) is 1.92. The van der Waals surface area contributed by atoms with E-state index in [1.54, 1.807) is 0 Å². The molecule has 0 spiro atoms. The Labute approximate surface area is 110 Å².